The third kappa shape index (κ3) is 7.22. The lowest BCUT2D eigenvalue weighted by Crippen LogP contribution is -2.51. The van der Waals surface area contributed by atoms with Gasteiger partial charge in [-0.05, 0) is 69.2 Å². The number of nitrogens with zero attached hydrogens (tertiary/aromatic N) is 4. The van der Waals surface area contributed by atoms with Crippen molar-refractivity contribution in [1.29, 1.82) is 0 Å². The summed E-state index contributed by atoms with van der Waals surface area (Å²) in [5.74, 6) is 0.371. The van der Waals surface area contributed by atoms with Crippen LogP contribution < -0.4 is 10.6 Å². The molecule has 2 atom stereocenters. The van der Waals surface area contributed by atoms with Gasteiger partial charge in [-0.15, -0.1) is 0 Å². The summed E-state index contributed by atoms with van der Waals surface area (Å²) in [6.07, 6.45) is 13.4. The van der Waals surface area contributed by atoms with Gasteiger partial charge in [0, 0.05) is 24.6 Å². The van der Waals surface area contributed by atoms with Crippen LogP contribution in [0, 0.1) is 0 Å². The number of hydrogen-bond donors (Lipinski definition) is 3. The van der Waals surface area contributed by atoms with Crippen molar-refractivity contribution >= 4 is 17.7 Å². The van der Waals surface area contributed by atoms with Crippen LogP contribution in [0.5, 0.6) is 0 Å². The molecule has 1 amide bonds. The second-order valence-electron chi connectivity index (χ2n) is 9.78. The van der Waals surface area contributed by atoms with Crippen LogP contribution in [0.1, 0.15) is 74.9 Å². The largest absolute Gasteiger partial charge is 0.480 e. The first kappa shape index (κ1) is 26.0. The van der Waals surface area contributed by atoms with E-state index in [4.69, 9.17) is 4.98 Å². The van der Waals surface area contributed by atoms with Crippen LogP contribution in [-0.2, 0) is 29.0 Å². The van der Waals surface area contributed by atoms with Gasteiger partial charge in [-0.2, -0.15) is 0 Å². The minimum atomic E-state index is -0.968. The van der Waals surface area contributed by atoms with Crippen molar-refractivity contribution in [3.8, 4) is 0 Å². The number of anilines is 1. The summed E-state index contributed by atoms with van der Waals surface area (Å²) in [5, 5.41) is 16.6. The predicted octanol–water partition coefficient (Wildman–Crippen LogP) is 3.35. The third-order valence-electron chi connectivity index (χ3n) is 7.10. The number of fused-ring (bicyclic) bond motifs is 1. The van der Waals surface area contributed by atoms with Gasteiger partial charge in [0.1, 0.15) is 17.7 Å². The first-order valence-electron chi connectivity index (χ1n) is 13.4. The minimum Gasteiger partial charge on any atom is -0.480 e. The molecule has 0 aromatic carbocycles. The van der Waals surface area contributed by atoms with Crippen LogP contribution in [-0.4, -0.2) is 62.0 Å². The van der Waals surface area contributed by atoms with Crippen LogP contribution in [0.15, 0.2) is 30.6 Å². The van der Waals surface area contributed by atoms with Crippen molar-refractivity contribution in [2.24, 2.45) is 0 Å². The van der Waals surface area contributed by atoms with Gasteiger partial charge in [0.2, 0.25) is 5.91 Å². The first-order valence-corrected chi connectivity index (χ1v) is 13.4. The number of amides is 1. The summed E-state index contributed by atoms with van der Waals surface area (Å²) in [7, 11) is 0. The van der Waals surface area contributed by atoms with E-state index in [1.807, 2.05) is 0 Å². The predicted molar refractivity (Wildman–Crippen MR) is 137 cm³/mol. The Kier molecular flexibility index (Phi) is 9.61. The zero-order valence-corrected chi connectivity index (χ0v) is 21.0. The molecule has 9 heteroatoms. The van der Waals surface area contributed by atoms with Gasteiger partial charge in [0.25, 0.3) is 0 Å². The van der Waals surface area contributed by atoms with Crippen molar-refractivity contribution in [2.75, 3.05) is 18.4 Å². The Bertz CT molecular complexity index is 996. The number of aliphatic carboxylic acids is 1. The fraction of sp³-hybridized carbons (Fsp3) is 0.593. The number of unbranched alkanes of at least 4 members (excludes halogenated alkanes) is 4. The molecule has 4 rings (SSSR count). The Balaban J connectivity index is 1.24. The third-order valence-corrected chi connectivity index (χ3v) is 7.10. The number of aromatic nitrogens is 3. The van der Waals surface area contributed by atoms with Gasteiger partial charge in [0.05, 0.1) is 12.6 Å². The number of carboxylic acids is 1. The molecule has 1 saturated heterocycles. The fourth-order valence-corrected chi connectivity index (χ4v) is 5.10. The normalized spacial score (nSPS) is 17.7. The smallest absolute Gasteiger partial charge is 0.326 e. The monoisotopic (exact) mass is 494 g/mol. The van der Waals surface area contributed by atoms with Crippen molar-refractivity contribution in [1.82, 2.24) is 25.2 Å². The summed E-state index contributed by atoms with van der Waals surface area (Å²) in [5.41, 5.74) is 2.44. The molecule has 0 radical (unpaired) electrons. The zero-order valence-electron chi connectivity index (χ0n) is 21.0. The second kappa shape index (κ2) is 13.3. The molecule has 9 nitrogen and oxygen atoms in total. The van der Waals surface area contributed by atoms with Gasteiger partial charge in [0.15, 0.2) is 0 Å². The van der Waals surface area contributed by atoms with E-state index in [1.54, 1.807) is 18.5 Å². The van der Waals surface area contributed by atoms with Crippen LogP contribution in [0.2, 0.25) is 0 Å². The number of carbonyl (C=O) groups is 2. The fourth-order valence-electron chi connectivity index (χ4n) is 5.10. The maximum Gasteiger partial charge on any atom is 0.326 e. The molecule has 2 aliphatic heterocycles. The highest BCUT2D eigenvalue weighted by Gasteiger charge is 2.35. The molecule has 1 fully saturated rings. The number of pyridine rings is 1. The molecule has 0 saturated carbocycles. The van der Waals surface area contributed by atoms with E-state index in [1.165, 1.54) is 16.9 Å². The number of hydrogen-bond acceptors (Lipinski definition) is 7. The lowest BCUT2D eigenvalue weighted by molar-refractivity contribution is -0.152. The first-order chi connectivity index (χ1) is 17.6. The molecule has 0 bridgehead atoms. The standard InChI is InChI=1S/C27H38N6O3/c34-26(22-11-7-15-28-22)33(19-24-29-17-8-18-30-24)23(27(35)36)12-5-3-1-2-4-10-21-14-13-20-9-6-16-31-25(20)32-21/h8,13-14,17-18,22-23,28H,1-7,9-12,15-16,19H2,(H,31,32)(H,35,36)/t22-,23-/m0/s1. The van der Waals surface area contributed by atoms with Gasteiger partial charge >= 0.3 is 5.97 Å². The minimum absolute atomic E-state index is 0.109. The van der Waals surface area contributed by atoms with Crippen LogP contribution >= 0.6 is 0 Å². The number of aryl methyl sites for hydroxylation is 2. The number of carboxylic acid groups (broad SMARTS) is 1. The van der Waals surface area contributed by atoms with Gasteiger partial charge in [-0.3, -0.25) is 4.79 Å². The molecule has 194 valence electrons. The van der Waals surface area contributed by atoms with Gasteiger partial charge < -0.3 is 20.6 Å². The average molecular weight is 495 g/mol. The molecular formula is C27H38N6O3. The topological polar surface area (TPSA) is 120 Å². The van der Waals surface area contributed by atoms with Crippen LogP contribution in [0.4, 0.5) is 5.82 Å². The van der Waals surface area contributed by atoms with Crippen LogP contribution in [0.3, 0.4) is 0 Å². The van der Waals surface area contributed by atoms with E-state index in [-0.39, 0.29) is 18.5 Å². The van der Waals surface area contributed by atoms with Crippen molar-refractivity contribution < 1.29 is 14.7 Å². The van der Waals surface area contributed by atoms with E-state index in [0.29, 0.717) is 12.2 Å². The molecule has 0 spiro atoms. The van der Waals surface area contributed by atoms with Crippen LogP contribution in [0.25, 0.3) is 0 Å². The van der Waals surface area contributed by atoms with E-state index in [9.17, 15) is 14.7 Å². The molecule has 0 aliphatic carbocycles. The van der Waals surface area contributed by atoms with E-state index < -0.39 is 12.0 Å². The molecule has 2 aliphatic rings. The van der Waals surface area contributed by atoms with E-state index >= 15 is 0 Å². The molecule has 3 N–H and O–H groups in total. The summed E-state index contributed by atoms with van der Waals surface area (Å²) < 4.78 is 0. The highest BCUT2D eigenvalue weighted by atomic mass is 16.4. The van der Waals surface area contributed by atoms with E-state index in [0.717, 1.165) is 82.4 Å². The maximum absolute atomic E-state index is 13.2. The zero-order chi connectivity index (χ0) is 25.2. The second-order valence-corrected chi connectivity index (χ2v) is 9.78. The SMILES string of the molecule is O=C(O)[C@H](CCCCCCCc1ccc2c(n1)NCCC2)N(Cc1ncccn1)C(=O)[C@@H]1CCCN1. The van der Waals surface area contributed by atoms with Crippen molar-refractivity contribution in [3.63, 3.8) is 0 Å². The Morgan fingerprint density at radius 1 is 1.06 bits per heavy atom. The Morgan fingerprint density at radius 2 is 1.86 bits per heavy atom. The molecule has 4 heterocycles. The van der Waals surface area contributed by atoms with E-state index in [2.05, 4.69) is 32.7 Å². The van der Waals surface area contributed by atoms with Crippen molar-refractivity contribution in [3.05, 3.63) is 47.7 Å². The summed E-state index contributed by atoms with van der Waals surface area (Å²) in [4.78, 5) is 40.1. The number of carbonyl (C=O) groups excluding carboxylic acids is 1. The number of rotatable bonds is 13. The lowest BCUT2D eigenvalue weighted by atomic mass is 10.0. The number of nitrogens with one attached hydrogen (secondary N) is 2. The summed E-state index contributed by atoms with van der Waals surface area (Å²) >= 11 is 0. The molecular weight excluding hydrogens is 456 g/mol. The van der Waals surface area contributed by atoms with Gasteiger partial charge in [-0.1, -0.05) is 31.7 Å². The Labute approximate surface area is 213 Å². The maximum atomic E-state index is 13.2. The van der Waals surface area contributed by atoms with Gasteiger partial charge in [-0.25, -0.2) is 19.7 Å². The Morgan fingerprint density at radius 3 is 2.64 bits per heavy atom. The summed E-state index contributed by atoms with van der Waals surface area (Å²) in [6, 6.07) is 4.84. The van der Waals surface area contributed by atoms with Crippen molar-refractivity contribution in [2.45, 2.75) is 89.3 Å². The molecule has 0 unspecified atom stereocenters. The molecule has 36 heavy (non-hydrogen) atoms. The quantitative estimate of drug-likeness (QED) is 0.363. The summed E-state index contributed by atoms with van der Waals surface area (Å²) in [6.45, 7) is 1.89. The average Bonchev–Trinajstić information content (AvgIpc) is 3.44. The molecule has 2 aromatic heterocycles. The highest BCUT2D eigenvalue weighted by Crippen LogP contribution is 2.21. The Hall–Kier alpha value is -3.07. The highest BCUT2D eigenvalue weighted by molar-refractivity contribution is 5.87. The lowest BCUT2D eigenvalue weighted by Gasteiger charge is -2.30. The molecule has 2 aromatic rings.